The largest absolute Gasteiger partial charge is 0.446 e. The van der Waals surface area contributed by atoms with Crippen LogP contribution in [0.5, 0.6) is 0 Å². The Bertz CT molecular complexity index is 514. The number of hydrogen-bond donors (Lipinski definition) is 1. The van der Waals surface area contributed by atoms with E-state index in [1.165, 1.54) is 0 Å². The number of nitrogens with zero attached hydrogens (tertiary/aromatic N) is 2. The Labute approximate surface area is 101 Å². The fourth-order valence-electron chi connectivity index (χ4n) is 1.20. The summed E-state index contributed by atoms with van der Waals surface area (Å²) in [6.07, 6.45) is -3.00. The zero-order valence-electron chi connectivity index (χ0n) is 9.23. The van der Waals surface area contributed by atoms with Gasteiger partial charge in [-0.15, -0.1) is 0 Å². The van der Waals surface area contributed by atoms with Crippen LogP contribution >= 0.6 is 0 Å². The Kier molecular flexibility index (Phi) is 4.12. The van der Waals surface area contributed by atoms with E-state index in [-0.39, 0.29) is 0 Å². The summed E-state index contributed by atoms with van der Waals surface area (Å²) in [5, 5.41) is 7.00. The van der Waals surface area contributed by atoms with Gasteiger partial charge in [0, 0.05) is 24.8 Å². The van der Waals surface area contributed by atoms with Crippen LogP contribution in [-0.4, -0.2) is 36.3 Å². The van der Waals surface area contributed by atoms with Crippen LogP contribution in [0.15, 0.2) is 6.20 Å². The van der Waals surface area contributed by atoms with Crippen molar-refractivity contribution in [1.29, 1.82) is 0 Å². The molecule has 0 fully saturated rings. The van der Waals surface area contributed by atoms with Crippen molar-refractivity contribution < 1.29 is 26.4 Å². The van der Waals surface area contributed by atoms with Crippen molar-refractivity contribution in [3.8, 4) is 0 Å². The van der Waals surface area contributed by atoms with Crippen LogP contribution in [0.1, 0.15) is 11.3 Å². The summed E-state index contributed by atoms with van der Waals surface area (Å²) in [5.41, 5.74) is 1.81. The fourth-order valence-corrected chi connectivity index (χ4v) is 1.77. The lowest BCUT2D eigenvalue weighted by Crippen LogP contribution is -2.13. The van der Waals surface area contributed by atoms with Gasteiger partial charge < -0.3 is 5.32 Å². The molecule has 0 amide bonds. The van der Waals surface area contributed by atoms with E-state index in [1.807, 2.05) is 0 Å². The smallest absolute Gasteiger partial charge is 0.307 e. The lowest BCUT2D eigenvalue weighted by atomic mass is 10.3. The van der Waals surface area contributed by atoms with Crippen molar-refractivity contribution in [2.45, 2.75) is 19.3 Å². The van der Waals surface area contributed by atoms with E-state index in [4.69, 9.17) is 4.79 Å². The first-order valence-electron chi connectivity index (χ1n) is 4.65. The predicted molar refractivity (Wildman–Crippen MR) is 55.1 cm³/mol. The first-order valence-corrected chi connectivity index (χ1v) is 6.50. The topological polar surface area (TPSA) is 81.1 Å². The number of carbonyl (C=O) groups is 1. The molecule has 0 spiro atoms. The van der Waals surface area contributed by atoms with Gasteiger partial charge in [0.25, 0.3) is 10.0 Å². The van der Waals surface area contributed by atoms with Crippen molar-refractivity contribution in [3.05, 3.63) is 17.5 Å². The highest BCUT2D eigenvalue weighted by Crippen LogP contribution is 2.13. The molecule has 1 aliphatic heterocycles. The van der Waals surface area contributed by atoms with Crippen LogP contribution < -0.4 is 5.32 Å². The number of hydrogen-bond acceptors (Lipinski definition) is 5. The normalized spacial score (nSPS) is 14.7. The number of aromatic nitrogens is 2. The average molecular weight is 285 g/mol. The van der Waals surface area contributed by atoms with Crippen LogP contribution in [0.25, 0.3) is 0 Å². The SMILES string of the molecule is CS(=O)(=O)n1cc2c(n1)CNC2.O=CC(F)(F)F. The quantitative estimate of drug-likeness (QED) is 0.737. The number of nitrogens with one attached hydrogen (secondary N) is 1. The molecule has 0 aromatic carbocycles. The highest BCUT2D eigenvalue weighted by atomic mass is 32.2. The highest BCUT2D eigenvalue weighted by Gasteiger charge is 2.24. The van der Waals surface area contributed by atoms with E-state index in [9.17, 15) is 21.6 Å². The maximum atomic E-state index is 11.0. The first kappa shape index (κ1) is 14.6. The molecular formula is C8H10F3N3O3S. The second kappa shape index (κ2) is 5.06. The van der Waals surface area contributed by atoms with Crippen molar-refractivity contribution in [3.63, 3.8) is 0 Å². The second-order valence-corrected chi connectivity index (χ2v) is 5.34. The molecule has 0 aliphatic carbocycles. The summed E-state index contributed by atoms with van der Waals surface area (Å²) >= 11 is 0. The number of rotatable bonds is 1. The zero-order valence-corrected chi connectivity index (χ0v) is 10.0. The van der Waals surface area contributed by atoms with Crippen molar-refractivity contribution >= 4 is 16.3 Å². The van der Waals surface area contributed by atoms with Gasteiger partial charge in [0.15, 0.2) is 0 Å². The van der Waals surface area contributed by atoms with Gasteiger partial charge in [-0.05, 0) is 0 Å². The Hall–Kier alpha value is -1.42. The van der Waals surface area contributed by atoms with Crippen molar-refractivity contribution in [2.24, 2.45) is 0 Å². The van der Waals surface area contributed by atoms with Gasteiger partial charge in [-0.25, -0.2) is 8.42 Å². The maximum Gasteiger partial charge on any atom is 0.446 e. The lowest BCUT2D eigenvalue weighted by Gasteiger charge is -1.96. The van der Waals surface area contributed by atoms with Gasteiger partial charge in [0.1, 0.15) is 0 Å². The molecular weight excluding hydrogens is 275 g/mol. The fraction of sp³-hybridized carbons (Fsp3) is 0.500. The number of halogens is 3. The van der Waals surface area contributed by atoms with Gasteiger partial charge in [-0.1, -0.05) is 0 Å². The van der Waals surface area contributed by atoms with Crippen LogP contribution in [-0.2, 0) is 27.9 Å². The summed E-state index contributed by atoms with van der Waals surface area (Å²) in [6.45, 7) is 1.38. The van der Waals surface area contributed by atoms with Crippen molar-refractivity contribution in [2.75, 3.05) is 6.26 Å². The van der Waals surface area contributed by atoms with E-state index in [0.717, 1.165) is 21.6 Å². The minimum absolute atomic E-state index is 0.665. The number of aldehydes is 1. The average Bonchev–Trinajstić information content (AvgIpc) is 2.74. The second-order valence-electron chi connectivity index (χ2n) is 3.50. The number of fused-ring (bicyclic) bond motifs is 1. The molecule has 2 rings (SSSR count). The predicted octanol–water partition coefficient (Wildman–Crippen LogP) is 0.0416. The van der Waals surface area contributed by atoms with Crippen molar-refractivity contribution in [1.82, 2.24) is 14.5 Å². The molecule has 0 atom stereocenters. The number of alkyl halides is 3. The molecule has 2 heterocycles. The third-order valence-corrected chi connectivity index (χ3v) is 2.80. The van der Waals surface area contributed by atoms with Crippen LogP contribution in [0, 0.1) is 0 Å². The molecule has 0 bridgehead atoms. The zero-order chi connectivity index (χ0) is 14.0. The molecule has 0 unspecified atom stereocenters. The summed E-state index contributed by atoms with van der Waals surface area (Å²) in [6, 6.07) is 0. The summed E-state index contributed by atoms with van der Waals surface area (Å²) in [5.74, 6) is 0. The van der Waals surface area contributed by atoms with Gasteiger partial charge in [-0.3, -0.25) is 4.79 Å². The van der Waals surface area contributed by atoms with E-state index in [1.54, 1.807) is 6.20 Å². The molecule has 1 aromatic rings. The molecule has 18 heavy (non-hydrogen) atoms. The molecule has 1 aliphatic rings. The molecule has 102 valence electrons. The Morgan fingerprint density at radius 1 is 1.44 bits per heavy atom. The molecule has 1 N–H and O–H groups in total. The molecule has 0 saturated heterocycles. The lowest BCUT2D eigenvalue weighted by molar-refractivity contribution is -0.156. The van der Waals surface area contributed by atoms with Crippen LogP contribution in [0.2, 0.25) is 0 Å². The Morgan fingerprint density at radius 3 is 2.39 bits per heavy atom. The van der Waals surface area contributed by atoms with E-state index in [2.05, 4.69) is 10.4 Å². The molecule has 0 radical (unpaired) electrons. The van der Waals surface area contributed by atoms with E-state index < -0.39 is 22.5 Å². The van der Waals surface area contributed by atoms with Crippen LogP contribution in [0.4, 0.5) is 13.2 Å². The summed E-state index contributed by atoms with van der Waals surface area (Å²) in [7, 11) is -3.20. The summed E-state index contributed by atoms with van der Waals surface area (Å²) in [4.78, 5) is 8.70. The van der Waals surface area contributed by atoms with E-state index >= 15 is 0 Å². The van der Waals surface area contributed by atoms with Gasteiger partial charge in [0.2, 0.25) is 6.29 Å². The minimum Gasteiger partial charge on any atom is -0.307 e. The molecule has 6 nitrogen and oxygen atoms in total. The highest BCUT2D eigenvalue weighted by molar-refractivity contribution is 7.89. The Morgan fingerprint density at radius 2 is 2.00 bits per heavy atom. The molecule has 10 heteroatoms. The first-order chi connectivity index (χ1) is 8.13. The van der Waals surface area contributed by atoms with Gasteiger partial charge in [-0.2, -0.15) is 22.4 Å². The monoisotopic (exact) mass is 285 g/mol. The number of carbonyl (C=O) groups excluding carboxylic acids is 1. The standard InChI is InChI=1S/C6H9N3O2S.C2HF3O/c1-12(10,11)9-4-5-2-7-3-6(5)8-9;3-2(4,5)1-6/h4,7H,2-3H2,1H3;1H. The van der Waals surface area contributed by atoms with Gasteiger partial charge in [0.05, 0.1) is 11.9 Å². The van der Waals surface area contributed by atoms with Gasteiger partial charge >= 0.3 is 6.18 Å². The van der Waals surface area contributed by atoms with Crippen LogP contribution in [0.3, 0.4) is 0 Å². The molecule has 0 saturated carbocycles. The minimum atomic E-state index is -4.64. The third-order valence-electron chi connectivity index (χ3n) is 1.94. The summed E-state index contributed by atoms with van der Waals surface area (Å²) < 4.78 is 54.3. The third kappa shape index (κ3) is 4.11. The Balaban J connectivity index is 0.000000232. The maximum absolute atomic E-state index is 11.0. The molecule has 1 aromatic heterocycles. The van der Waals surface area contributed by atoms with E-state index in [0.29, 0.717) is 13.1 Å².